The van der Waals surface area contributed by atoms with Crippen LogP contribution >= 0.6 is 16.3 Å². The van der Waals surface area contributed by atoms with Crippen molar-refractivity contribution in [2.75, 3.05) is 6.61 Å². The maximum absolute atomic E-state index is 11.8. The van der Waals surface area contributed by atoms with Crippen LogP contribution in [0.25, 0.3) is 0 Å². The monoisotopic (exact) mass is 362 g/mol. The molecule has 1 unspecified atom stereocenters. The van der Waals surface area contributed by atoms with Gasteiger partial charge < -0.3 is 24.8 Å². The van der Waals surface area contributed by atoms with Gasteiger partial charge in [-0.2, -0.15) is 0 Å². The van der Waals surface area contributed by atoms with Gasteiger partial charge >= 0.3 is 5.97 Å². The number of ether oxygens (including phenoxy) is 2. The number of hydrogen-bond donors (Lipinski definition) is 3. The molecule has 5 atom stereocenters. The van der Waals surface area contributed by atoms with E-state index in [0.29, 0.717) is 5.56 Å². The normalized spacial score (nSPS) is 32.7. The van der Waals surface area contributed by atoms with Crippen molar-refractivity contribution in [3.63, 3.8) is 0 Å². The number of benzene rings is 1. The summed E-state index contributed by atoms with van der Waals surface area (Å²) >= 11 is 2.66. The summed E-state index contributed by atoms with van der Waals surface area (Å²) < 4.78 is 14.9. The van der Waals surface area contributed by atoms with E-state index in [9.17, 15) is 20.1 Å². The number of rotatable bonds is 4. The van der Waals surface area contributed by atoms with E-state index in [-0.39, 0.29) is 6.61 Å². The van der Waals surface area contributed by atoms with Gasteiger partial charge in [-0.3, -0.25) is 3.83 Å². The van der Waals surface area contributed by atoms with Crippen molar-refractivity contribution in [3.05, 3.63) is 35.9 Å². The summed E-state index contributed by atoms with van der Waals surface area (Å²) in [5, 5.41) is 29.1. The molecule has 0 saturated carbocycles. The lowest BCUT2D eigenvalue weighted by atomic mass is 9.99. The largest absolute Gasteiger partial charge is 0.459 e. The minimum absolute atomic E-state index is 0.286. The summed E-state index contributed by atoms with van der Waals surface area (Å²) in [7, 11) is 0. The standard InChI is InChI=1S/C13H15BrO7/c14-21-13-11(17)10(16)9(15)8(20-13)6-19-12(18)7-4-2-1-3-5-7/h1-5,8-11,13,15-17H,6H2/t8-,9-,10+,11+,13?/m1/s1. The first kappa shape index (κ1) is 16.3. The highest BCUT2D eigenvalue weighted by molar-refractivity contribution is 9.06. The van der Waals surface area contributed by atoms with E-state index in [1.165, 1.54) is 0 Å². The highest BCUT2D eigenvalue weighted by Crippen LogP contribution is 2.23. The summed E-state index contributed by atoms with van der Waals surface area (Å²) in [6, 6.07) is 8.32. The Kier molecular flexibility index (Phi) is 5.68. The fourth-order valence-corrected chi connectivity index (χ4v) is 2.25. The Hall–Kier alpha value is -1.03. The van der Waals surface area contributed by atoms with Crippen molar-refractivity contribution < 1.29 is 33.4 Å². The molecule has 21 heavy (non-hydrogen) atoms. The van der Waals surface area contributed by atoms with Crippen LogP contribution in [-0.4, -0.2) is 58.6 Å². The van der Waals surface area contributed by atoms with E-state index < -0.39 is 36.7 Å². The molecule has 1 aromatic rings. The van der Waals surface area contributed by atoms with Crippen LogP contribution in [0.1, 0.15) is 10.4 Å². The third-order valence-electron chi connectivity index (χ3n) is 3.14. The molecule has 1 aromatic carbocycles. The van der Waals surface area contributed by atoms with Gasteiger partial charge in [-0.15, -0.1) is 0 Å². The lowest BCUT2D eigenvalue weighted by molar-refractivity contribution is -0.272. The number of hydrogen-bond acceptors (Lipinski definition) is 7. The minimum atomic E-state index is -1.47. The van der Waals surface area contributed by atoms with Gasteiger partial charge in [-0.1, -0.05) is 18.2 Å². The fraction of sp³-hybridized carbons (Fsp3) is 0.462. The first-order valence-corrected chi connectivity index (χ1v) is 6.88. The van der Waals surface area contributed by atoms with Gasteiger partial charge in [-0.05, 0) is 12.1 Å². The fourth-order valence-electron chi connectivity index (χ4n) is 1.94. The molecule has 8 heteroatoms. The molecule has 0 aromatic heterocycles. The maximum atomic E-state index is 11.8. The highest BCUT2D eigenvalue weighted by Gasteiger charge is 2.44. The molecule has 0 aliphatic carbocycles. The molecule has 0 amide bonds. The predicted molar refractivity (Wildman–Crippen MR) is 73.4 cm³/mol. The first-order chi connectivity index (χ1) is 10.0. The van der Waals surface area contributed by atoms with Gasteiger partial charge in [0.25, 0.3) is 0 Å². The van der Waals surface area contributed by atoms with Crippen molar-refractivity contribution in [1.29, 1.82) is 0 Å². The van der Waals surface area contributed by atoms with Crippen LogP contribution in [0.3, 0.4) is 0 Å². The Balaban J connectivity index is 1.94. The molecule has 0 bridgehead atoms. The molecule has 1 aliphatic rings. The third kappa shape index (κ3) is 3.79. The Labute approximate surface area is 129 Å². The lowest BCUT2D eigenvalue weighted by Crippen LogP contribution is -2.58. The summed E-state index contributed by atoms with van der Waals surface area (Å²) in [5.74, 6) is -0.580. The zero-order valence-corrected chi connectivity index (χ0v) is 12.4. The molecule has 3 N–H and O–H groups in total. The zero-order chi connectivity index (χ0) is 15.4. The van der Waals surface area contributed by atoms with E-state index in [0.717, 1.165) is 0 Å². The molecular formula is C13H15BrO7. The van der Waals surface area contributed by atoms with E-state index in [4.69, 9.17) is 9.47 Å². The van der Waals surface area contributed by atoms with Gasteiger partial charge in [0.15, 0.2) is 6.29 Å². The second-order valence-electron chi connectivity index (χ2n) is 4.57. The smallest absolute Gasteiger partial charge is 0.338 e. The van der Waals surface area contributed by atoms with Crippen LogP contribution in [0.5, 0.6) is 0 Å². The van der Waals surface area contributed by atoms with Gasteiger partial charge in [0.1, 0.15) is 47.3 Å². The van der Waals surface area contributed by atoms with Crippen LogP contribution in [0.4, 0.5) is 0 Å². The predicted octanol–water partition coefficient (Wildman–Crippen LogP) is -0.0225. The Morgan fingerprint density at radius 3 is 2.43 bits per heavy atom. The second-order valence-corrected chi connectivity index (χ2v) is 4.94. The number of aliphatic hydroxyl groups excluding tert-OH is 3. The number of carbonyl (C=O) groups excluding carboxylic acids is 1. The van der Waals surface area contributed by atoms with Crippen LogP contribution in [-0.2, 0) is 13.3 Å². The minimum Gasteiger partial charge on any atom is -0.459 e. The summed E-state index contributed by atoms with van der Waals surface area (Å²) in [6.45, 7) is -0.286. The lowest BCUT2D eigenvalue weighted by Gasteiger charge is -2.38. The maximum Gasteiger partial charge on any atom is 0.338 e. The van der Waals surface area contributed by atoms with Crippen LogP contribution in [0, 0.1) is 0 Å². The zero-order valence-electron chi connectivity index (χ0n) is 10.8. The van der Waals surface area contributed by atoms with E-state index >= 15 is 0 Å². The molecule has 0 spiro atoms. The summed E-state index contributed by atoms with van der Waals surface area (Å²) in [5.41, 5.74) is 0.358. The third-order valence-corrected chi connectivity index (χ3v) is 3.51. The average Bonchev–Trinajstić information content (AvgIpc) is 2.52. The van der Waals surface area contributed by atoms with Gasteiger partial charge in [-0.25, -0.2) is 4.79 Å². The molecule has 2 rings (SSSR count). The first-order valence-electron chi connectivity index (χ1n) is 6.24. The number of esters is 1. The molecule has 1 fully saturated rings. The highest BCUT2D eigenvalue weighted by atomic mass is 79.9. The van der Waals surface area contributed by atoms with E-state index in [1.807, 2.05) is 0 Å². The van der Waals surface area contributed by atoms with E-state index in [2.05, 4.69) is 20.1 Å². The molecular weight excluding hydrogens is 348 g/mol. The topological polar surface area (TPSA) is 105 Å². The number of aliphatic hydroxyl groups is 3. The molecule has 1 heterocycles. The van der Waals surface area contributed by atoms with Gasteiger partial charge in [0, 0.05) is 0 Å². The Morgan fingerprint density at radius 1 is 1.14 bits per heavy atom. The summed E-state index contributed by atoms with van der Waals surface area (Å²) in [4.78, 5) is 11.8. The van der Waals surface area contributed by atoms with Crippen molar-refractivity contribution in [3.8, 4) is 0 Å². The Morgan fingerprint density at radius 2 is 1.81 bits per heavy atom. The molecule has 0 radical (unpaired) electrons. The van der Waals surface area contributed by atoms with Crippen LogP contribution in [0.15, 0.2) is 30.3 Å². The van der Waals surface area contributed by atoms with Crippen molar-refractivity contribution in [2.45, 2.75) is 30.7 Å². The number of carbonyl (C=O) groups is 1. The SMILES string of the molecule is O=C(OC[C@H]1OC(OBr)[C@@H](O)[C@@H](O)[C@@H]1O)c1ccccc1. The number of halogens is 1. The van der Waals surface area contributed by atoms with Gasteiger partial charge in [0.05, 0.1) is 5.56 Å². The van der Waals surface area contributed by atoms with Crippen LogP contribution in [0.2, 0.25) is 0 Å². The Bertz CT molecular complexity index is 467. The quantitative estimate of drug-likeness (QED) is 0.646. The molecule has 7 nitrogen and oxygen atoms in total. The summed E-state index contributed by atoms with van der Waals surface area (Å²) in [6.07, 6.45) is -6.48. The van der Waals surface area contributed by atoms with Crippen molar-refractivity contribution >= 4 is 22.2 Å². The molecule has 1 aliphatic heterocycles. The second kappa shape index (κ2) is 7.30. The van der Waals surface area contributed by atoms with E-state index in [1.54, 1.807) is 30.3 Å². The molecule has 1 saturated heterocycles. The molecule has 116 valence electrons. The van der Waals surface area contributed by atoms with Crippen LogP contribution < -0.4 is 0 Å². The van der Waals surface area contributed by atoms with Gasteiger partial charge in [0.2, 0.25) is 0 Å². The van der Waals surface area contributed by atoms with Crippen molar-refractivity contribution in [2.24, 2.45) is 0 Å². The van der Waals surface area contributed by atoms with Crippen molar-refractivity contribution in [1.82, 2.24) is 0 Å². The average molecular weight is 363 g/mol.